The highest BCUT2D eigenvalue weighted by atomic mass is 35.5. The fourth-order valence-corrected chi connectivity index (χ4v) is 4.15. The number of rotatable bonds is 5. The van der Waals surface area contributed by atoms with E-state index in [1.165, 1.54) is 17.7 Å². The highest BCUT2D eigenvalue weighted by molar-refractivity contribution is 6.33. The van der Waals surface area contributed by atoms with E-state index in [0.717, 1.165) is 43.3 Å². The summed E-state index contributed by atoms with van der Waals surface area (Å²) in [7, 11) is 0. The summed E-state index contributed by atoms with van der Waals surface area (Å²) in [6, 6.07) is 3.29. The van der Waals surface area contributed by atoms with Gasteiger partial charge in [0.25, 0.3) is 0 Å². The molecule has 1 aromatic heterocycles. The van der Waals surface area contributed by atoms with E-state index in [9.17, 15) is 9.90 Å². The van der Waals surface area contributed by atoms with Crippen LogP contribution < -0.4 is 10.5 Å². The summed E-state index contributed by atoms with van der Waals surface area (Å²) in [6.07, 6.45) is 5.30. The molecule has 0 radical (unpaired) electrons. The van der Waals surface area contributed by atoms with E-state index in [2.05, 4.69) is 13.8 Å². The van der Waals surface area contributed by atoms with Gasteiger partial charge in [0, 0.05) is 17.4 Å². The third-order valence-electron chi connectivity index (χ3n) is 5.23. The van der Waals surface area contributed by atoms with Gasteiger partial charge in [0.15, 0.2) is 5.58 Å². The van der Waals surface area contributed by atoms with Gasteiger partial charge in [-0.25, -0.2) is 4.79 Å². The second-order valence-electron chi connectivity index (χ2n) is 7.38. The molecule has 1 unspecified atom stereocenters. The molecule has 1 aliphatic rings. The fourth-order valence-electron chi connectivity index (χ4n) is 3.93. The maximum Gasteiger partial charge on any atom is 0.336 e. The number of piperidine rings is 1. The highest BCUT2D eigenvalue weighted by Gasteiger charge is 2.25. The molecule has 0 bridgehead atoms. The van der Waals surface area contributed by atoms with Crippen LogP contribution in [0.3, 0.4) is 0 Å². The third kappa shape index (κ3) is 4.01. The Balaban J connectivity index is 2.08. The highest BCUT2D eigenvalue weighted by Crippen LogP contribution is 2.35. The molecule has 0 saturated carbocycles. The molecule has 1 aromatic carbocycles. The van der Waals surface area contributed by atoms with Crippen molar-refractivity contribution in [2.24, 2.45) is 5.92 Å². The first-order valence-corrected chi connectivity index (χ1v) is 9.68. The SMILES string of the molecule is CCCCc1cc(=O)oc2c(C[NH+]3CCC[C@@H](C)C3)c(O)c(Cl)cc12. The number of nitrogens with one attached hydrogen (secondary N) is 1. The van der Waals surface area contributed by atoms with Crippen LogP contribution >= 0.6 is 11.6 Å². The molecule has 25 heavy (non-hydrogen) atoms. The van der Waals surface area contributed by atoms with Crippen LogP contribution in [-0.4, -0.2) is 18.2 Å². The molecule has 1 fully saturated rings. The number of benzene rings is 1. The molecule has 2 heterocycles. The molecule has 2 aromatic rings. The average molecular weight is 365 g/mol. The number of hydrogen-bond acceptors (Lipinski definition) is 3. The van der Waals surface area contributed by atoms with Gasteiger partial charge in [-0.3, -0.25) is 0 Å². The Bertz CT molecular complexity index is 815. The van der Waals surface area contributed by atoms with Gasteiger partial charge in [-0.05, 0) is 37.3 Å². The third-order valence-corrected chi connectivity index (χ3v) is 5.52. The van der Waals surface area contributed by atoms with Crippen molar-refractivity contribution in [3.8, 4) is 5.75 Å². The zero-order chi connectivity index (χ0) is 18.0. The molecule has 0 spiro atoms. The summed E-state index contributed by atoms with van der Waals surface area (Å²) < 4.78 is 5.53. The van der Waals surface area contributed by atoms with Gasteiger partial charge >= 0.3 is 5.63 Å². The molecule has 3 rings (SSSR count). The van der Waals surface area contributed by atoms with Gasteiger partial charge in [-0.2, -0.15) is 0 Å². The van der Waals surface area contributed by atoms with Gasteiger partial charge in [0.2, 0.25) is 0 Å². The molecule has 5 heteroatoms. The predicted molar refractivity (Wildman–Crippen MR) is 101 cm³/mol. The van der Waals surface area contributed by atoms with Crippen molar-refractivity contribution < 1.29 is 14.4 Å². The number of aryl methyl sites for hydroxylation is 1. The Hall–Kier alpha value is -1.52. The largest absolute Gasteiger partial charge is 0.506 e. The number of likely N-dealkylation sites (tertiary alicyclic amines) is 1. The lowest BCUT2D eigenvalue weighted by molar-refractivity contribution is -0.922. The van der Waals surface area contributed by atoms with Crippen molar-refractivity contribution in [2.75, 3.05) is 13.1 Å². The number of aromatic hydroxyl groups is 1. The van der Waals surface area contributed by atoms with Crippen LogP contribution in [0.2, 0.25) is 5.02 Å². The van der Waals surface area contributed by atoms with E-state index in [4.69, 9.17) is 16.0 Å². The minimum absolute atomic E-state index is 0.0516. The molecule has 136 valence electrons. The lowest BCUT2D eigenvalue weighted by Gasteiger charge is -2.28. The topological polar surface area (TPSA) is 54.9 Å². The Morgan fingerprint density at radius 3 is 2.92 bits per heavy atom. The summed E-state index contributed by atoms with van der Waals surface area (Å²) in [5.41, 5.74) is 1.77. The first-order chi connectivity index (χ1) is 12.0. The van der Waals surface area contributed by atoms with Crippen LogP contribution in [0.25, 0.3) is 11.0 Å². The molecule has 4 nitrogen and oxygen atoms in total. The Labute approximate surface area is 153 Å². The van der Waals surface area contributed by atoms with Gasteiger partial charge < -0.3 is 14.4 Å². The van der Waals surface area contributed by atoms with Crippen LogP contribution in [0.5, 0.6) is 5.75 Å². The van der Waals surface area contributed by atoms with E-state index in [0.29, 0.717) is 28.6 Å². The summed E-state index contributed by atoms with van der Waals surface area (Å²) in [5, 5.41) is 11.7. The van der Waals surface area contributed by atoms with E-state index in [1.807, 2.05) is 0 Å². The standard InChI is InChI=1S/C20H26ClNO3/c1-3-4-7-14-9-18(23)25-20-15(14)10-17(21)19(24)16(20)12-22-8-5-6-13(2)11-22/h9-10,13,24H,3-8,11-12H2,1-2H3/p+1/t13-/m1/s1. The quantitative estimate of drug-likeness (QED) is 0.800. The van der Waals surface area contributed by atoms with Crippen molar-refractivity contribution in [1.82, 2.24) is 0 Å². The first-order valence-electron chi connectivity index (χ1n) is 9.30. The zero-order valence-corrected chi connectivity index (χ0v) is 15.8. The van der Waals surface area contributed by atoms with Gasteiger partial charge in [0.1, 0.15) is 12.3 Å². The molecule has 2 atom stereocenters. The number of hydrogen-bond donors (Lipinski definition) is 2. The Morgan fingerprint density at radius 2 is 2.20 bits per heavy atom. The number of phenolic OH excluding ortho intramolecular Hbond substituents is 1. The Morgan fingerprint density at radius 1 is 1.40 bits per heavy atom. The summed E-state index contributed by atoms with van der Waals surface area (Å²) in [4.78, 5) is 13.5. The van der Waals surface area contributed by atoms with Crippen molar-refractivity contribution in [3.63, 3.8) is 0 Å². The van der Waals surface area contributed by atoms with Crippen LogP contribution in [0.4, 0.5) is 0 Å². The molecule has 1 saturated heterocycles. The fraction of sp³-hybridized carbons (Fsp3) is 0.550. The minimum Gasteiger partial charge on any atom is -0.506 e. The molecule has 1 aliphatic heterocycles. The zero-order valence-electron chi connectivity index (χ0n) is 15.0. The number of fused-ring (bicyclic) bond motifs is 1. The number of halogens is 1. The van der Waals surface area contributed by atoms with E-state index in [-0.39, 0.29) is 11.4 Å². The van der Waals surface area contributed by atoms with E-state index >= 15 is 0 Å². The maximum atomic E-state index is 12.1. The molecule has 2 N–H and O–H groups in total. The minimum atomic E-state index is -0.358. The van der Waals surface area contributed by atoms with E-state index < -0.39 is 0 Å². The van der Waals surface area contributed by atoms with Crippen LogP contribution in [-0.2, 0) is 13.0 Å². The van der Waals surface area contributed by atoms with E-state index in [1.54, 1.807) is 12.1 Å². The van der Waals surface area contributed by atoms with Gasteiger partial charge in [-0.1, -0.05) is 31.9 Å². The smallest absolute Gasteiger partial charge is 0.336 e. The summed E-state index contributed by atoms with van der Waals surface area (Å²) >= 11 is 6.31. The van der Waals surface area contributed by atoms with Gasteiger partial charge in [-0.15, -0.1) is 0 Å². The van der Waals surface area contributed by atoms with Crippen molar-refractivity contribution >= 4 is 22.6 Å². The number of unbranched alkanes of at least 4 members (excludes halogenated alkanes) is 1. The summed E-state index contributed by atoms with van der Waals surface area (Å²) in [5.74, 6) is 0.721. The monoisotopic (exact) mass is 364 g/mol. The normalized spacial score (nSPS) is 20.9. The number of phenols is 1. The van der Waals surface area contributed by atoms with Crippen LogP contribution in [0, 0.1) is 5.92 Å². The molecular weight excluding hydrogens is 338 g/mol. The second-order valence-corrected chi connectivity index (χ2v) is 7.79. The first kappa shape index (κ1) is 18.3. The second kappa shape index (κ2) is 7.79. The van der Waals surface area contributed by atoms with Crippen LogP contribution in [0.15, 0.2) is 21.3 Å². The molecular formula is C20H27ClNO3+. The summed E-state index contributed by atoms with van der Waals surface area (Å²) in [6.45, 7) is 7.15. The predicted octanol–water partition coefficient (Wildman–Crippen LogP) is 3.31. The van der Waals surface area contributed by atoms with Crippen molar-refractivity contribution in [1.29, 1.82) is 0 Å². The Kier molecular flexibility index (Phi) is 5.70. The van der Waals surface area contributed by atoms with Gasteiger partial charge in [0.05, 0.1) is 23.7 Å². The molecule has 0 amide bonds. The maximum absolute atomic E-state index is 12.1. The van der Waals surface area contributed by atoms with Crippen molar-refractivity contribution in [3.05, 3.63) is 38.7 Å². The lowest BCUT2D eigenvalue weighted by atomic mass is 9.98. The number of quaternary nitrogens is 1. The van der Waals surface area contributed by atoms with Crippen molar-refractivity contribution in [2.45, 2.75) is 52.5 Å². The van der Waals surface area contributed by atoms with Crippen LogP contribution in [0.1, 0.15) is 50.7 Å². The lowest BCUT2D eigenvalue weighted by Crippen LogP contribution is -3.12. The molecule has 0 aliphatic carbocycles. The average Bonchev–Trinajstić information content (AvgIpc) is 2.58.